The number of carbonyl (C=O) groups excluding carboxylic acids is 2. The molecule has 1 fully saturated rings. The lowest BCUT2D eigenvalue weighted by molar-refractivity contribution is -0.123. The van der Waals surface area contributed by atoms with Gasteiger partial charge in [-0.3, -0.25) is 4.79 Å². The Morgan fingerprint density at radius 2 is 2.12 bits per heavy atom. The number of ether oxygens (including phenoxy) is 1. The predicted molar refractivity (Wildman–Crippen MR) is 91.8 cm³/mol. The van der Waals surface area contributed by atoms with Crippen molar-refractivity contribution in [2.75, 3.05) is 6.61 Å². The lowest BCUT2D eigenvalue weighted by Gasteiger charge is -2.24. The van der Waals surface area contributed by atoms with Crippen LogP contribution in [0.15, 0.2) is 5.38 Å². The number of hydrogen-bond acceptors (Lipinski definition) is 6. The number of hydrogen-bond donors (Lipinski definition) is 0. The first-order chi connectivity index (χ1) is 11.6. The highest BCUT2D eigenvalue weighted by atomic mass is 32.1. The van der Waals surface area contributed by atoms with Crippen LogP contribution >= 0.6 is 11.3 Å². The molecule has 1 aromatic rings. The third kappa shape index (κ3) is 4.64. The van der Waals surface area contributed by atoms with Crippen molar-refractivity contribution in [3.63, 3.8) is 0 Å². The van der Waals surface area contributed by atoms with Crippen LogP contribution in [0.4, 0.5) is 0 Å². The first-order valence-electron chi connectivity index (χ1n) is 8.62. The first kappa shape index (κ1) is 18.6. The summed E-state index contributed by atoms with van der Waals surface area (Å²) in [7, 11) is 0. The van der Waals surface area contributed by atoms with Crippen LogP contribution in [0.5, 0.6) is 0 Å². The Balaban J connectivity index is 2.02. The number of thiazole rings is 1. The standard InChI is InChI=1S/C18H24N2O3S/c1-3-23-18(22)15-11-24-17(20-15)14(10-19)16(21)12(2)9-13-7-5-4-6-8-13/h11-14H,3-9H2,1-2H3/t12-,14-/m1/s1. The molecule has 1 aliphatic carbocycles. The molecular weight excluding hydrogens is 324 g/mol. The Kier molecular flexibility index (Phi) is 6.92. The van der Waals surface area contributed by atoms with E-state index >= 15 is 0 Å². The van der Waals surface area contributed by atoms with E-state index in [0.717, 1.165) is 6.42 Å². The predicted octanol–water partition coefficient (Wildman–Crippen LogP) is 4.10. The Hall–Kier alpha value is -1.74. The summed E-state index contributed by atoms with van der Waals surface area (Å²) in [5.74, 6) is -1.07. The van der Waals surface area contributed by atoms with Crippen LogP contribution in [-0.2, 0) is 9.53 Å². The lowest BCUT2D eigenvalue weighted by atomic mass is 9.80. The molecule has 1 heterocycles. The number of Topliss-reactive ketones (excluding diaryl/α,β-unsaturated/α-hetero) is 1. The Morgan fingerprint density at radius 3 is 2.75 bits per heavy atom. The molecule has 2 rings (SSSR count). The highest BCUT2D eigenvalue weighted by molar-refractivity contribution is 7.10. The molecule has 1 aliphatic rings. The molecule has 6 heteroatoms. The van der Waals surface area contributed by atoms with Crippen molar-refractivity contribution in [3.05, 3.63) is 16.1 Å². The molecule has 130 valence electrons. The third-order valence-corrected chi connectivity index (χ3v) is 5.47. The monoisotopic (exact) mass is 348 g/mol. The second-order valence-electron chi connectivity index (χ2n) is 6.40. The molecule has 0 saturated heterocycles. The van der Waals surface area contributed by atoms with Gasteiger partial charge >= 0.3 is 5.97 Å². The minimum atomic E-state index is -0.892. The topological polar surface area (TPSA) is 80.0 Å². The summed E-state index contributed by atoms with van der Waals surface area (Å²) in [6.07, 6.45) is 6.96. The zero-order valence-corrected chi connectivity index (χ0v) is 15.1. The van der Waals surface area contributed by atoms with Gasteiger partial charge in [0, 0.05) is 11.3 Å². The van der Waals surface area contributed by atoms with E-state index < -0.39 is 11.9 Å². The Bertz CT molecular complexity index is 614. The second-order valence-corrected chi connectivity index (χ2v) is 7.29. The summed E-state index contributed by atoms with van der Waals surface area (Å²) in [6, 6.07) is 2.07. The van der Waals surface area contributed by atoms with Gasteiger partial charge in [0.1, 0.15) is 5.01 Å². The van der Waals surface area contributed by atoms with E-state index in [9.17, 15) is 14.9 Å². The fourth-order valence-electron chi connectivity index (χ4n) is 3.28. The maximum Gasteiger partial charge on any atom is 0.357 e. The van der Waals surface area contributed by atoms with Gasteiger partial charge in [-0.2, -0.15) is 5.26 Å². The first-order valence-corrected chi connectivity index (χ1v) is 9.50. The minimum absolute atomic E-state index is 0.0900. The van der Waals surface area contributed by atoms with E-state index in [1.165, 1.54) is 43.4 Å². The smallest absolute Gasteiger partial charge is 0.357 e. The average molecular weight is 348 g/mol. The van der Waals surface area contributed by atoms with Crippen molar-refractivity contribution >= 4 is 23.1 Å². The number of esters is 1. The van der Waals surface area contributed by atoms with Gasteiger partial charge in [-0.05, 0) is 19.3 Å². The van der Waals surface area contributed by atoms with Crippen molar-refractivity contribution in [3.8, 4) is 6.07 Å². The van der Waals surface area contributed by atoms with Crippen molar-refractivity contribution in [2.45, 2.75) is 58.3 Å². The van der Waals surface area contributed by atoms with Crippen molar-refractivity contribution in [1.82, 2.24) is 4.98 Å². The molecule has 24 heavy (non-hydrogen) atoms. The minimum Gasteiger partial charge on any atom is -0.461 e. The summed E-state index contributed by atoms with van der Waals surface area (Å²) in [5, 5.41) is 11.4. The van der Waals surface area contributed by atoms with Gasteiger partial charge in [0.2, 0.25) is 0 Å². The molecule has 2 atom stereocenters. The average Bonchev–Trinajstić information content (AvgIpc) is 3.06. The van der Waals surface area contributed by atoms with Gasteiger partial charge in [-0.15, -0.1) is 11.3 Å². The second kappa shape index (κ2) is 8.93. The maximum absolute atomic E-state index is 12.7. The molecule has 0 spiro atoms. The van der Waals surface area contributed by atoms with E-state index in [1.54, 1.807) is 12.3 Å². The quantitative estimate of drug-likeness (QED) is 0.693. The van der Waals surface area contributed by atoms with Crippen LogP contribution in [0.25, 0.3) is 0 Å². The lowest BCUT2D eigenvalue weighted by Crippen LogP contribution is -2.22. The molecule has 0 aromatic carbocycles. The normalized spacial score (nSPS) is 17.7. The summed E-state index contributed by atoms with van der Waals surface area (Å²) < 4.78 is 4.90. The summed E-state index contributed by atoms with van der Waals surface area (Å²) in [6.45, 7) is 3.89. The zero-order valence-electron chi connectivity index (χ0n) is 14.3. The van der Waals surface area contributed by atoms with Crippen LogP contribution in [0.1, 0.15) is 73.8 Å². The molecular formula is C18H24N2O3S. The summed E-state index contributed by atoms with van der Waals surface area (Å²) >= 11 is 1.17. The fourth-order valence-corrected chi connectivity index (χ4v) is 4.12. The van der Waals surface area contributed by atoms with E-state index in [-0.39, 0.29) is 24.0 Å². The van der Waals surface area contributed by atoms with E-state index in [1.807, 2.05) is 6.92 Å². The fraction of sp³-hybridized carbons (Fsp3) is 0.667. The van der Waals surface area contributed by atoms with Crippen LogP contribution < -0.4 is 0 Å². The number of ketones is 1. The Labute approximate surface area is 147 Å². The van der Waals surface area contributed by atoms with Gasteiger partial charge in [0.25, 0.3) is 0 Å². The van der Waals surface area contributed by atoms with Crippen LogP contribution in [0.2, 0.25) is 0 Å². The molecule has 0 bridgehead atoms. The number of nitriles is 1. The molecule has 0 radical (unpaired) electrons. The van der Waals surface area contributed by atoms with Gasteiger partial charge in [0.05, 0.1) is 12.7 Å². The van der Waals surface area contributed by atoms with E-state index in [0.29, 0.717) is 10.9 Å². The van der Waals surface area contributed by atoms with Crippen LogP contribution in [-0.4, -0.2) is 23.3 Å². The van der Waals surface area contributed by atoms with Crippen LogP contribution in [0, 0.1) is 23.2 Å². The summed E-state index contributed by atoms with van der Waals surface area (Å²) in [5.41, 5.74) is 0.171. The Morgan fingerprint density at radius 1 is 1.42 bits per heavy atom. The van der Waals surface area contributed by atoms with Gasteiger partial charge in [-0.25, -0.2) is 9.78 Å². The SMILES string of the molecule is CCOC(=O)c1csc([C@H](C#N)C(=O)[C@H](C)CC2CCCCC2)n1. The van der Waals surface area contributed by atoms with Crippen molar-refractivity contribution in [2.24, 2.45) is 11.8 Å². The largest absolute Gasteiger partial charge is 0.461 e. The molecule has 1 saturated carbocycles. The maximum atomic E-state index is 12.7. The van der Waals surface area contributed by atoms with E-state index in [4.69, 9.17) is 4.74 Å². The third-order valence-electron chi connectivity index (χ3n) is 4.56. The van der Waals surface area contributed by atoms with Gasteiger partial charge in [0.15, 0.2) is 17.4 Å². The molecule has 0 N–H and O–H groups in total. The van der Waals surface area contributed by atoms with Crippen molar-refractivity contribution < 1.29 is 14.3 Å². The van der Waals surface area contributed by atoms with Gasteiger partial charge in [-0.1, -0.05) is 39.0 Å². The molecule has 0 amide bonds. The number of nitrogens with zero attached hydrogens (tertiary/aromatic N) is 2. The summed E-state index contributed by atoms with van der Waals surface area (Å²) in [4.78, 5) is 28.5. The molecule has 0 aliphatic heterocycles. The van der Waals surface area contributed by atoms with Gasteiger partial charge < -0.3 is 4.74 Å². The zero-order chi connectivity index (χ0) is 17.5. The molecule has 0 unspecified atom stereocenters. The number of aromatic nitrogens is 1. The number of carbonyl (C=O) groups is 2. The number of rotatable bonds is 7. The highest BCUT2D eigenvalue weighted by Crippen LogP contribution is 2.32. The molecule has 5 nitrogen and oxygen atoms in total. The highest BCUT2D eigenvalue weighted by Gasteiger charge is 2.30. The van der Waals surface area contributed by atoms with Crippen molar-refractivity contribution in [1.29, 1.82) is 5.26 Å². The van der Waals surface area contributed by atoms with Crippen LogP contribution in [0.3, 0.4) is 0 Å². The van der Waals surface area contributed by atoms with E-state index in [2.05, 4.69) is 11.1 Å². The molecule has 1 aromatic heterocycles.